The second kappa shape index (κ2) is 22.0. The average Bonchev–Trinajstić information content (AvgIpc) is 2.90. The molecule has 1 aromatic carbocycles. The quantitative estimate of drug-likeness (QED) is 0.113. The van der Waals surface area contributed by atoms with E-state index in [0.717, 1.165) is 17.9 Å². The molecule has 0 saturated carbocycles. The molecule has 0 atom stereocenters. The van der Waals surface area contributed by atoms with E-state index in [0.29, 0.717) is 6.61 Å². The number of nitrogens with zero attached hydrogens (tertiary/aromatic N) is 1. The van der Waals surface area contributed by atoms with Gasteiger partial charge in [0.25, 0.3) is 0 Å². The summed E-state index contributed by atoms with van der Waals surface area (Å²) in [5.41, 5.74) is 0.718. The Balaban J connectivity index is 2.11. The highest BCUT2D eigenvalue weighted by Gasteiger charge is 2.16. The first kappa shape index (κ1) is 31.8. The number of esters is 2. The first-order valence-corrected chi connectivity index (χ1v) is 14.2. The van der Waals surface area contributed by atoms with Gasteiger partial charge in [0.05, 0.1) is 20.8 Å². The minimum atomic E-state index is -0.418. The third kappa shape index (κ3) is 16.4. The highest BCUT2D eigenvalue weighted by Crippen LogP contribution is 2.22. The fourth-order valence-electron chi connectivity index (χ4n) is 4.29. The molecular weight excluding hydrogens is 454 g/mol. The lowest BCUT2D eigenvalue weighted by atomic mass is 10.0. The third-order valence-corrected chi connectivity index (χ3v) is 6.54. The van der Waals surface area contributed by atoms with Crippen molar-refractivity contribution in [1.82, 2.24) is 0 Å². The standard InChI is InChI=1S/C30H51NO5/c1-4-5-6-7-8-9-10-11-12-13-14-15-16-17-18-19-23-36-28-22-20-21-27(24-28)31(25-29(32)34-2)26-30(33)35-3/h20-22,24H,4-19,23,25-26H2,1-3H3. The summed E-state index contributed by atoms with van der Waals surface area (Å²) >= 11 is 0. The zero-order chi connectivity index (χ0) is 26.3. The maximum atomic E-state index is 11.7. The molecule has 0 unspecified atom stereocenters. The molecule has 0 heterocycles. The Kier molecular flexibility index (Phi) is 19.4. The maximum absolute atomic E-state index is 11.7. The van der Waals surface area contributed by atoms with Crippen LogP contribution in [0.1, 0.15) is 110 Å². The van der Waals surface area contributed by atoms with Gasteiger partial charge in [-0.2, -0.15) is 0 Å². The van der Waals surface area contributed by atoms with Crippen LogP contribution in [0.4, 0.5) is 5.69 Å². The molecule has 0 radical (unpaired) electrons. The molecule has 0 bridgehead atoms. The van der Waals surface area contributed by atoms with Crippen LogP contribution in [0.25, 0.3) is 0 Å². The lowest BCUT2D eigenvalue weighted by Crippen LogP contribution is -2.35. The molecule has 6 heteroatoms. The molecule has 0 fully saturated rings. The van der Waals surface area contributed by atoms with E-state index in [2.05, 4.69) is 6.92 Å². The number of carbonyl (C=O) groups excluding carboxylic acids is 2. The first-order chi connectivity index (χ1) is 17.6. The number of anilines is 1. The molecular formula is C30H51NO5. The predicted molar refractivity (Wildman–Crippen MR) is 148 cm³/mol. The Labute approximate surface area is 220 Å². The van der Waals surface area contributed by atoms with Gasteiger partial charge in [-0.05, 0) is 18.6 Å². The molecule has 0 aromatic heterocycles. The molecule has 0 N–H and O–H groups in total. The summed E-state index contributed by atoms with van der Waals surface area (Å²) in [7, 11) is 2.66. The lowest BCUT2D eigenvalue weighted by Gasteiger charge is -2.22. The van der Waals surface area contributed by atoms with Crippen molar-refractivity contribution in [2.75, 3.05) is 38.8 Å². The van der Waals surface area contributed by atoms with Gasteiger partial charge in [-0.3, -0.25) is 9.59 Å². The fourth-order valence-corrected chi connectivity index (χ4v) is 4.29. The number of carbonyl (C=O) groups is 2. The van der Waals surface area contributed by atoms with Gasteiger partial charge in [0.15, 0.2) is 0 Å². The van der Waals surface area contributed by atoms with Gasteiger partial charge in [0.1, 0.15) is 18.8 Å². The Hall–Kier alpha value is -2.24. The topological polar surface area (TPSA) is 65.1 Å². The van der Waals surface area contributed by atoms with Gasteiger partial charge in [-0.15, -0.1) is 0 Å². The van der Waals surface area contributed by atoms with E-state index < -0.39 is 11.9 Å². The molecule has 1 rings (SSSR count). The van der Waals surface area contributed by atoms with Crippen LogP contribution in [0.5, 0.6) is 5.75 Å². The van der Waals surface area contributed by atoms with Gasteiger partial charge in [-0.25, -0.2) is 0 Å². The highest BCUT2D eigenvalue weighted by molar-refractivity contribution is 5.81. The number of benzene rings is 1. The van der Waals surface area contributed by atoms with Crippen molar-refractivity contribution in [3.63, 3.8) is 0 Å². The first-order valence-electron chi connectivity index (χ1n) is 14.2. The molecule has 0 aliphatic carbocycles. The molecule has 6 nitrogen and oxygen atoms in total. The Morgan fingerprint density at radius 3 is 1.56 bits per heavy atom. The van der Waals surface area contributed by atoms with E-state index in [1.165, 1.54) is 111 Å². The molecule has 0 saturated heterocycles. The molecule has 206 valence electrons. The molecule has 36 heavy (non-hydrogen) atoms. The highest BCUT2D eigenvalue weighted by atomic mass is 16.5. The third-order valence-electron chi connectivity index (χ3n) is 6.54. The molecule has 1 aromatic rings. The SMILES string of the molecule is CCCCCCCCCCCCCCCCCCOc1cccc(N(CC(=O)OC)CC(=O)OC)c1. The number of hydrogen-bond donors (Lipinski definition) is 0. The number of methoxy groups -OCH3 is 2. The normalized spacial score (nSPS) is 10.8. The van der Waals surface area contributed by atoms with Crippen LogP contribution in [0.15, 0.2) is 24.3 Å². The molecule has 0 aliphatic heterocycles. The van der Waals surface area contributed by atoms with Crippen molar-refractivity contribution in [1.29, 1.82) is 0 Å². The van der Waals surface area contributed by atoms with Gasteiger partial charge in [-0.1, -0.05) is 109 Å². The molecule has 0 aliphatic rings. The number of hydrogen-bond acceptors (Lipinski definition) is 6. The summed E-state index contributed by atoms with van der Waals surface area (Å²) in [5, 5.41) is 0. The molecule has 0 amide bonds. The second-order valence-electron chi connectivity index (χ2n) is 9.66. The van der Waals surface area contributed by atoms with Gasteiger partial charge in [0, 0.05) is 11.8 Å². The van der Waals surface area contributed by atoms with Gasteiger partial charge < -0.3 is 19.1 Å². The van der Waals surface area contributed by atoms with E-state index in [1.807, 2.05) is 24.3 Å². The maximum Gasteiger partial charge on any atom is 0.325 e. The van der Waals surface area contributed by atoms with Crippen molar-refractivity contribution in [3.8, 4) is 5.75 Å². The van der Waals surface area contributed by atoms with Crippen LogP contribution in [-0.4, -0.2) is 45.9 Å². The average molecular weight is 506 g/mol. The smallest absolute Gasteiger partial charge is 0.325 e. The number of rotatable bonds is 23. The zero-order valence-corrected chi connectivity index (χ0v) is 23.2. The Morgan fingerprint density at radius 2 is 1.11 bits per heavy atom. The van der Waals surface area contributed by atoms with E-state index in [9.17, 15) is 9.59 Å². The summed E-state index contributed by atoms with van der Waals surface area (Å²) in [6.45, 7) is 2.87. The van der Waals surface area contributed by atoms with Crippen molar-refractivity contribution in [2.24, 2.45) is 0 Å². The van der Waals surface area contributed by atoms with E-state index in [-0.39, 0.29) is 13.1 Å². The van der Waals surface area contributed by atoms with Gasteiger partial charge >= 0.3 is 11.9 Å². The number of unbranched alkanes of at least 4 members (excludes halogenated alkanes) is 15. The van der Waals surface area contributed by atoms with Crippen molar-refractivity contribution in [3.05, 3.63) is 24.3 Å². The summed E-state index contributed by atoms with van der Waals surface area (Å²) < 4.78 is 15.4. The zero-order valence-electron chi connectivity index (χ0n) is 23.2. The van der Waals surface area contributed by atoms with Crippen LogP contribution in [0.3, 0.4) is 0 Å². The largest absolute Gasteiger partial charge is 0.494 e. The van der Waals surface area contributed by atoms with Crippen LogP contribution in [0, 0.1) is 0 Å². The summed E-state index contributed by atoms with van der Waals surface area (Å²) in [6, 6.07) is 7.44. The van der Waals surface area contributed by atoms with Crippen molar-refractivity contribution < 1.29 is 23.8 Å². The van der Waals surface area contributed by atoms with Crippen LogP contribution in [0.2, 0.25) is 0 Å². The van der Waals surface area contributed by atoms with Crippen LogP contribution < -0.4 is 9.64 Å². The van der Waals surface area contributed by atoms with E-state index in [4.69, 9.17) is 14.2 Å². The fraction of sp³-hybridized carbons (Fsp3) is 0.733. The predicted octanol–water partition coefficient (Wildman–Crippen LogP) is 7.48. The lowest BCUT2D eigenvalue weighted by molar-refractivity contribution is -0.140. The van der Waals surface area contributed by atoms with Gasteiger partial charge in [0.2, 0.25) is 0 Å². The minimum absolute atomic E-state index is 0.0336. The monoisotopic (exact) mass is 505 g/mol. The summed E-state index contributed by atoms with van der Waals surface area (Å²) in [6.07, 6.45) is 21.5. The van der Waals surface area contributed by atoms with Crippen LogP contribution >= 0.6 is 0 Å². The minimum Gasteiger partial charge on any atom is -0.494 e. The van der Waals surface area contributed by atoms with Crippen LogP contribution in [-0.2, 0) is 19.1 Å². The second-order valence-corrected chi connectivity index (χ2v) is 9.66. The molecule has 0 spiro atoms. The summed E-state index contributed by atoms with van der Waals surface area (Å²) in [5.74, 6) is -0.107. The Bertz CT molecular complexity index is 676. The van der Waals surface area contributed by atoms with E-state index in [1.54, 1.807) is 4.90 Å². The van der Waals surface area contributed by atoms with E-state index >= 15 is 0 Å². The van der Waals surface area contributed by atoms with Crippen molar-refractivity contribution in [2.45, 2.75) is 110 Å². The van der Waals surface area contributed by atoms with Crippen molar-refractivity contribution >= 4 is 17.6 Å². The summed E-state index contributed by atoms with van der Waals surface area (Å²) in [4.78, 5) is 25.1. The number of ether oxygens (including phenoxy) is 3. The Morgan fingerprint density at radius 1 is 0.667 bits per heavy atom.